The molecule has 0 bridgehead atoms. The lowest BCUT2D eigenvalue weighted by Gasteiger charge is -2.14. The minimum absolute atomic E-state index is 0.189. The van der Waals surface area contributed by atoms with Crippen LogP contribution >= 0.6 is 7.60 Å². The number of carbonyl (C=O) groups is 1. The standard InChI is InChI=1S/C12H26NO4P/c1-2-3-4-5-6-7-8-9-10-11(12(13)14)18(15,16)17/h11H,2-10H2,1H3,(H2,13,14)(H2,15,16,17). The van der Waals surface area contributed by atoms with Crippen molar-refractivity contribution in [1.82, 2.24) is 0 Å². The SMILES string of the molecule is CCCCCCCCCCC(C(N)=O)P(=O)(O)O. The van der Waals surface area contributed by atoms with Crippen molar-refractivity contribution < 1.29 is 19.1 Å². The average Bonchev–Trinajstić information content (AvgIpc) is 2.24. The van der Waals surface area contributed by atoms with Gasteiger partial charge in [-0.05, 0) is 6.42 Å². The van der Waals surface area contributed by atoms with Crippen molar-refractivity contribution in [1.29, 1.82) is 0 Å². The third-order valence-corrected chi connectivity index (χ3v) is 4.39. The Balaban J connectivity index is 3.63. The predicted octanol–water partition coefficient (Wildman–Crippen LogP) is 2.55. The first-order chi connectivity index (χ1) is 8.39. The molecule has 0 aliphatic heterocycles. The summed E-state index contributed by atoms with van der Waals surface area (Å²) < 4.78 is 11.0. The molecule has 108 valence electrons. The predicted molar refractivity (Wildman–Crippen MR) is 72.3 cm³/mol. The summed E-state index contributed by atoms with van der Waals surface area (Å²) in [6, 6.07) is 0. The van der Waals surface area contributed by atoms with Crippen molar-refractivity contribution in [2.24, 2.45) is 5.73 Å². The van der Waals surface area contributed by atoms with E-state index in [0.29, 0.717) is 6.42 Å². The summed E-state index contributed by atoms with van der Waals surface area (Å²) in [5, 5.41) is 0. The van der Waals surface area contributed by atoms with Crippen molar-refractivity contribution in [2.75, 3.05) is 0 Å². The molecule has 4 N–H and O–H groups in total. The van der Waals surface area contributed by atoms with Gasteiger partial charge in [-0.3, -0.25) is 9.36 Å². The maximum absolute atomic E-state index is 11.0. The molecule has 1 unspecified atom stereocenters. The van der Waals surface area contributed by atoms with E-state index in [9.17, 15) is 9.36 Å². The van der Waals surface area contributed by atoms with Gasteiger partial charge in [0.25, 0.3) is 0 Å². The van der Waals surface area contributed by atoms with Gasteiger partial charge >= 0.3 is 7.60 Å². The lowest BCUT2D eigenvalue weighted by molar-refractivity contribution is -0.118. The van der Waals surface area contributed by atoms with Gasteiger partial charge < -0.3 is 15.5 Å². The zero-order chi connectivity index (χ0) is 14.0. The Labute approximate surface area is 109 Å². The van der Waals surface area contributed by atoms with E-state index in [0.717, 1.165) is 19.3 Å². The van der Waals surface area contributed by atoms with Gasteiger partial charge in [0.05, 0.1) is 0 Å². The van der Waals surface area contributed by atoms with Gasteiger partial charge in [-0.1, -0.05) is 58.3 Å². The van der Waals surface area contributed by atoms with Crippen LogP contribution in [0, 0.1) is 0 Å². The highest BCUT2D eigenvalue weighted by Crippen LogP contribution is 2.43. The van der Waals surface area contributed by atoms with Crippen molar-refractivity contribution in [3.05, 3.63) is 0 Å². The van der Waals surface area contributed by atoms with E-state index in [1.54, 1.807) is 0 Å². The highest BCUT2D eigenvalue weighted by molar-refractivity contribution is 7.53. The molecule has 0 radical (unpaired) electrons. The van der Waals surface area contributed by atoms with E-state index in [-0.39, 0.29) is 6.42 Å². The molecule has 0 saturated heterocycles. The van der Waals surface area contributed by atoms with Crippen LogP contribution in [0.3, 0.4) is 0 Å². The van der Waals surface area contributed by atoms with Gasteiger partial charge in [0.15, 0.2) is 0 Å². The summed E-state index contributed by atoms with van der Waals surface area (Å²) in [6.07, 6.45) is 8.89. The van der Waals surface area contributed by atoms with E-state index in [2.05, 4.69) is 6.92 Å². The minimum atomic E-state index is -4.38. The van der Waals surface area contributed by atoms with Crippen molar-refractivity contribution in [3.8, 4) is 0 Å². The minimum Gasteiger partial charge on any atom is -0.369 e. The summed E-state index contributed by atoms with van der Waals surface area (Å²) in [6.45, 7) is 2.17. The molecule has 0 aromatic rings. The smallest absolute Gasteiger partial charge is 0.337 e. The molecule has 0 fully saturated rings. The summed E-state index contributed by atoms with van der Waals surface area (Å²) in [4.78, 5) is 28.8. The fraction of sp³-hybridized carbons (Fsp3) is 0.917. The van der Waals surface area contributed by atoms with Crippen LogP contribution in [0.25, 0.3) is 0 Å². The van der Waals surface area contributed by atoms with E-state index < -0.39 is 19.2 Å². The van der Waals surface area contributed by atoms with E-state index >= 15 is 0 Å². The number of amides is 1. The first-order valence-electron chi connectivity index (χ1n) is 6.74. The third-order valence-electron chi connectivity index (χ3n) is 3.07. The third kappa shape index (κ3) is 8.67. The first-order valence-corrected chi connectivity index (χ1v) is 8.42. The Morgan fingerprint density at radius 2 is 1.50 bits per heavy atom. The highest BCUT2D eigenvalue weighted by atomic mass is 31.2. The van der Waals surface area contributed by atoms with Crippen LogP contribution in [0.2, 0.25) is 0 Å². The van der Waals surface area contributed by atoms with Crippen LogP contribution in [-0.4, -0.2) is 21.4 Å². The largest absolute Gasteiger partial charge is 0.369 e. The summed E-state index contributed by atoms with van der Waals surface area (Å²) in [7, 11) is -4.38. The Morgan fingerprint density at radius 3 is 1.89 bits per heavy atom. The Hall–Kier alpha value is -0.380. The number of carbonyl (C=O) groups excluding carboxylic acids is 1. The molecule has 0 aromatic heterocycles. The highest BCUT2D eigenvalue weighted by Gasteiger charge is 2.33. The zero-order valence-corrected chi connectivity index (χ0v) is 12.1. The molecule has 0 aliphatic carbocycles. The molecule has 5 nitrogen and oxygen atoms in total. The Morgan fingerprint density at radius 1 is 1.06 bits per heavy atom. The number of hydrogen-bond donors (Lipinski definition) is 3. The van der Waals surface area contributed by atoms with E-state index in [1.807, 2.05) is 0 Å². The molecular formula is C12H26NO4P. The molecule has 0 saturated carbocycles. The van der Waals surface area contributed by atoms with Crippen LogP contribution in [0.15, 0.2) is 0 Å². The number of hydrogen-bond acceptors (Lipinski definition) is 2. The molecule has 0 spiro atoms. The second kappa shape index (κ2) is 9.54. The number of nitrogens with two attached hydrogens (primary N) is 1. The maximum Gasteiger partial charge on any atom is 0.337 e. The number of primary amides is 1. The van der Waals surface area contributed by atoms with Gasteiger partial charge in [0, 0.05) is 0 Å². The van der Waals surface area contributed by atoms with Gasteiger partial charge in [0.2, 0.25) is 5.91 Å². The normalized spacial score (nSPS) is 13.5. The molecule has 0 aliphatic rings. The fourth-order valence-corrected chi connectivity index (χ4v) is 2.80. The lowest BCUT2D eigenvalue weighted by Crippen LogP contribution is -2.28. The second-order valence-electron chi connectivity index (χ2n) is 4.77. The van der Waals surface area contributed by atoms with Crippen molar-refractivity contribution in [2.45, 2.75) is 70.4 Å². The molecule has 6 heteroatoms. The second-order valence-corrected chi connectivity index (χ2v) is 6.57. The molecule has 0 heterocycles. The molecule has 1 atom stereocenters. The summed E-state index contributed by atoms with van der Waals surface area (Å²) >= 11 is 0. The van der Waals surface area contributed by atoms with Crippen molar-refractivity contribution in [3.63, 3.8) is 0 Å². The maximum atomic E-state index is 11.0. The van der Waals surface area contributed by atoms with Gasteiger partial charge in [-0.2, -0.15) is 0 Å². The lowest BCUT2D eigenvalue weighted by atomic mass is 10.1. The van der Waals surface area contributed by atoms with Crippen LogP contribution in [0.4, 0.5) is 0 Å². The quantitative estimate of drug-likeness (QED) is 0.399. The van der Waals surface area contributed by atoms with Crippen LogP contribution in [0.1, 0.15) is 64.7 Å². The summed E-state index contributed by atoms with van der Waals surface area (Å²) in [5.41, 5.74) is 3.68. The number of unbranched alkanes of at least 4 members (excludes halogenated alkanes) is 7. The van der Waals surface area contributed by atoms with Gasteiger partial charge in [-0.15, -0.1) is 0 Å². The topological polar surface area (TPSA) is 101 Å². The monoisotopic (exact) mass is 279 g/mol. The van der Waals surface area contributed by atoms with Crippen molar-refractivity contribution >= 4 is 13.5 Å². The van der Waals surface area contributed by atoms with Crippen LogP contribution in [-0.2, 0) is 9.36 Å². The zero-order valence-electron chi connectivity index (χ0n) is 11.2. The molecular weight excluding hydrogens is 253 g/mol. The Bertz CT molecular complexity index is 277. The van der Waals surface area contributed by atoms with Gasteiger partial charge in [0.1, 0.15) is 5.66 Å². The van der Waals surface area contributed by atoms with Crippen LogP contribution < -0.4 is 5.73 Å². The first kappa shape index (κ1) is 17.6. The summed E-state index contributed by atoms with van der Waals surface area (Å²) in [5.74, 6) is -0.897. The fourth-order valence-electron chi connectivity index (χ4n) is 1.95. The molecule has 0 rings (SSSR count). The Kier molecular flexibility index (Phi) is 9.34. The van der Waals surface area contributed by atoms with E-state index in [1.165, 1.54) is 25.7 Å². The molecule has 1 amide bonds. The average molecular weight is 279 g/mol. The molecule has 18 heavy (non-hydrogen) atoms. The van der Waals surface area contributed by atoms with Gasteiger partial charge in [-0.25, -0.2) is 0 Å². The molecule has 0 aromatic carbocycles. The van der Waals surface area contributed by atoms with Crippen LogP contribution in [0.5, 0.6) is 0 Å². The van der Waals surface area contributed by atoms with E-state index in [4.69, 9.17) is 15.5 Å². The number of rotatable bonds is 11.